The molecule has 0 unspecified atom stereocenters. The minimum Gasteiger partial charge on any atom is -0.354 e. The van der Waals surface area contributed by atoms with Gasteiger partial charge >= 0.3 is 0 Å². The highest BCUT2D eigenvalue weighted by Crippen LogP contribution is 2.27. The summed E-state index contributed by atoms with van der Waals surface area (Å²) in [6, 6.07) is 1.88. The number of ketones is 1. The Bertz CT molecular complexity index is 612. The second-order valence-electron chi connectivity index (χ2n) is 4.52. The third-order valence-electron chi connectivity index (χ3n) is 3.30. The molecular weight excluding hydrogens is 252 g/mol. The van der Waals surface area contributed by atoms with E-state index in [4.69, 9.17) is 11.6 Å². The first kappa shape index (κ1) is 11.5. The molecule has 1 aliphatic rings. The first-order valence-electron chi connectivity index (χ1n) is 5.92. The van der Waals surface area contributed by atoms with Gasteiger partial charge in [-0.15, -0.1) is 0 Å². The number of halogens is 1. The Morgan fingerprint density at radius 1 is 1.33 bits per heavy atom. The van der Waals surface area contributed by atoms with Gasteiger partial charge in [-0.3, -0.25) is 4.79 Å². The van der Waals surface area contributed by atoms with Crippen LogP contribution in [0, 0.1) is 6.92 Å². The fourth-order valence-electron chi connectivity index (χ4n) is 2.36. The molecule has 0 aliphatic carbocycles. The zero-order chi connectivity index (χ0) is 12.7. The average molecular weight is 265 g/mol. The van der Waals surface area contributed by atoms with Crippen LogP contribution in [0.1, 0.15) is 18.4 Å². The van der Waals surface area contributed by atoms with E-state index in [-0.39, 0.29) is 0 Å². The molecule has 18 heavy (non-hydrogen) atoms. The van der Waals surface area contributed by atoms with E-state index in [0.29, 0.717) is 36.9 Å². The first-order valence-corrected chi connectivity index (χ1v) is 6.30. The van der Waals surface area contributed by atoms with Gasteiger partial charge in [0.2, 0.25) is 0 Å². The van der Waals surface area contributed by atoms with Crippen LogP contribution in [0.4, 0.5) is 5.82 Å². The maximum absolute atomic E-state index is 11.3. The summed E-state index contributed by atoms with van der Waals surface area (Å²) in [6.07, 6.45) is 2.68. The summed E-state index contributed by atoms with van der Waals surface area (Å²) < 4.78 is 1.69. The Morgan fingerprint density at radius 3 is 2.78 bits per heavy atom. The number of nitrogens with zero attached hydrogens (tertiary/aromatic N) is 4. The third-order valence-corrected chi connectivity index (χ3v) is 3.57. The maximum atomic E-state index is 11.3. The van der Waals surface area contributed by atoms with Crippen LogP contribution in [0.15, 0.2) is 12.4 Å². The summed E-state index contributed by atoms with van der Waals surface area (Å²) in [5.41, 5.74) is 1.98. The Labute approximate surface area is 109 Å². The third kappa shape index (κ3) is 1.75. The number of aryl methyl sites for hydroxylation is 1. The summed E-state index contributed by atoms with van der Waals surface area (Å²) in [6.45, 7) is 3.42. The topological polar surface area (TPSA) is 50.5 Å². The molecule has 3 rings (SSSR count). The molecule has 0 radical (unpaired) electrons. The van der Waals surface area contributed by atoms with Crippen LogP contribution >= 0.6 is 11.6 Å². The van der Waals surface area contributed by atoms with Crippen molar-refractivity contribution < 1.29 is 4.79 Å². The zero-order valence-electron chi connectivity index (χ0n) is 10.1. The van der Waals surface area contributed by atoms with Crippen molar-refractivity contribution in [1.29, 1.82) is 0 Å². The van der Waals surface area contributed by atoms with E-state index >= 15 is 0 Å². The molecule has 0 atom stereocenters. The van der Waals surface area contributed by atoms with Crippen LogP contribution in [0.3, 0.4) is 0 Å². The predicted molar refractivity (Wildman–Crippen MR) is 69.2 cm³/mol. The molecule has 94 valence electrons. The zero-order valence-corrected chi connectivity index (χ0v) is 10.8. The SMILES string of the molecule is Cc1cc(Cl)n2ncnc(N3CCC(=O)CC3)c12. The highest BCUT2D eigenvalue weighted by Gasteiger charge is 2.21. The monoisotopic (exact) mass is 264 g/mol. The Morgan fingerprint density at radius 2 is 2.06 bits per heavy atom. The van der Waals surface area contributed by atoms with Gasteiger partial charge in [0, 0.05) is 25.9 Å². The molecule has 0 spiro atoms. The molecule has 1 aliphatic heterocycles. The Kier molecular flexibility index (Phi) is 2.70. The average Bonchev–Trinajstić information content (AvgIpc) is 2.66. The van der Waals surface area contributed by atoms with E-state index in [0.717, 1.165) is 16.9 Å². The van der Waals surface area contributed by atoms with Gasteiger partial charge in [0.1, 0.15) is 22.8 Å². The lowest BCUT2D eigenvalue weighted by atomic mass is 10.1. The fourth-order valence-corrected chi connectivity index (χ4v) is 2.65. The standard InChI is InChI=1S/C12H13ClN4O/c1-8-6-10(13)17-11(8)12(14-7-15-17)16-4-2-9(18)3-5-16/h6-7H,2-5H2,1H3. The van der Waals surface area contributed by atoms with Crippen molar-refractivity contribution in [1.82, 2.24) is 14.6 Å². The quantitative estimate of drug-likeness (QED) is 0.789. The second-order valence-corrected chi connectivity index (χ2v) is 4.91. The number of rotatable bonds is 1. The molecule has 1 fully saturated rings. The van der Waals surface area contributed by atoms with Crippen molar-refractivity contribution in [3.63, 3.8) is 0 Å². The van der Waals surface area contributed by atoms with Gasteiger partial charge in [0.25, 0.3) is 0 Å². The van der Waals surface area contributed by atoms with Crippen molar-refractivity contribution in [3.05, 3.63) is 23.1 Å². The molecule has 1 saturated heterocycles. The lowest BCUT2D eigenvalue weighted by Crippen LogP contribution is -2.34. The highest BCUT2D eigenvalue weighted by atomic mass is 35.5. The molecule has 2 aromatic rings. The summed E-state index contributed by atoms with van der Waals surface area (Å²) >= 11 is 6.11. The van der Waals surface area contributed by atoms with Crippen molar-refractivity contribution in [2.24, 2.45) is 0 Å². The van der Waals surface area contributed by atoms with Crippen molar-refractivity contribution in [3.8, 4) is 0 Å². The van der Waals surface area contributed by atoms with Crippen LogP contribution in [0.25, 0.3) is 5.52 Å². The summed E-state index contributed by atoms with van der Waals surface area (Å²) in [4.78, 5) is 17.8. The molecular formula is C12H13ClN4O. The first-order chi connectivity index (χ1) is 8.66. The van der Waals surface area contributed by atoms with E-state index in [1.54, 1.807) is 4.52 Å². The van der Waals surface area contributed by atoms with E-state index in [1.807, 2.05) is 13.0 Å². The minimum absolute atomic E-state index is 0.321. The highest BCUT2D eigenvalue weighted by molar-refractivity contribution is 6.30. The molecule has 2 aromatic heterocycles. The van der Waals surface area contributed by atoms with Gasteiger partial charge in [-0.05, 0) is 18.6 Å². The summed E-state index contributed by atoms with van der Waals surface area (Å²) in [5.74, 6) is 1.18. The number of aromatic nitrogens is 3. The van der Waals surface area contributed by atoms with Crippen LogP contribution in [-0.2, 0) is 4.79 Å². The number of carbonyl (C=O) groups excluding carboxylic acids is 1. The largest absolute Gasteiger partial charge is 0.354 e. The van der Waals surface area contributed by atoms with Crippen LogP contribution in [-0.4, -0.2) is 33.5 Å². The number of hydrogen-bond acceptors (Lipinski definition) is 4. The molecule has 6 heteroatoms. The van der Waals surface area contributed by atoms with Crippen LogP contribution < -0.4 is 4.90 Å². The molecule has 0 amide bonds. The number of piperidine rings is 1. The van der Waals surface area contributed by atoms with Gasteiger partial charge in [0.15, 0.2) is 5.82 Å². The van der Waals surface area contributed by atoms with Gasteiger partial charge < -0.3 is 4.90 Å². The van der Waals surface area contributed by atoms with E-state index in [1.165, 1.54) is 6.33 Å². The van der Waals surface area contributed by atoms with Crippen molar-refractivity contribution >= 4 is 28.7 Å². The van der Waals surface area contributed by atoms with E-state index in [9.17, 15) is 4.79 Å². The molecule has 3 heterocycles. The number of anilines is 1. The fraction of sp³-hybridized carbons (Fsp3) is 0.417. The van der Waals surface area contributed by atoms with E-state index < -0.39 is 0 Å². The smallest absolute Gasteiger partial charge is 0.156 e. The molecule has 5 nitrogen and oxygen atoms in total. The lowest BCUT2D eigenvalue weighted by Gasteiger charge is -2.27. The van der Waals surface area contributed by atoms with E-state index in [2.05, 4.69) is 15.0 Å². The molecule has 0 bridgehead atoms. The van der Waals surface area contributed by atoms with Gasteiger partial charge in [-0.1, -0.05) is 11.6 Å². The Hall–Kier alpha value is -1.62. The number of hydrogen-bond donors (Lipinski definition) is 0. The molecule has 0 saturated carbocycles. The maximum Gasteiger partial charge on any atom is 0.156 e. The Balaban J connectivity index is 2.09. The molecule has 0 aromatic carbocycles. The number of carbonyl (C=O) groups is 1. The summed E-state index contributed by atoms with van der Waals surface area (Å²) in [5, 5.41) is 4.73. The van der Waals surface area contributed by atoms with Gasteiger partial charge in [-0.25, -0.2) is 9.50 Å². The van der Waals surface area contributed by atoms with Gasteiger partial charge in [-0.2, -0.15) is 5.10 Å². The second kappa shape index (κ2) is 4.24. The summed E-state index contributed by atoms with van der Waals surface area (Å²) in [7, 11) is 0. The van der Waals surface area contributed by atoms with Gasteiger partial charge in [0.05, 0.1) is 0 Å². The number of fused-ring (bicyclic) bond motifs is 1. The van der Waals surface area contributed by atoms with Crippen LogP contribution in [0.2, 0.25) is 5.15 Å². The van der Waals surface area contributed by atoms with Crippen LogP contribution in [0.5, 0.6) is 0 Å². The number of Topliss-reactive ketones (excluding diaryl/α,β-unsaturated/α-hetero) is 1. The normalized spacial score (nSPS) is 16.6. The van der Waals surface area contributed by atoms with Crippen molar-refractivity contribution in [2.45, 2.75) is 19.8 Å². The predicted octanol–water partition coefficient (Wildman–Crippen LogP) is 1.86. The molecule has 0 N–H and O–H groups in total. The lowest BCUT2D eigenvalue weighted by molar-refractivity contribution is -0.119. The minimum atomic E-state index is 0.321. The van der Waals surface area contributed by atoms with Crippen molar-refractivity contribution in [2.75, 3.05) is 18.0 Å².